The molecule has 2 fully saturated rings. The molecule has 2 aliphatic heterocycles. The molecule has 2 bridgehead atoms. The summed E-state index contributed by atoms with van der Waals surface area (Å²) < 4.78 is 19.2. The molecule has 0 amide bonds. The average Bonchev–Trinajstić information content (AvgIpc) is 3.19. The lowest BCUT2D eigenvalue weighted by atomic mass is 9.84. The third-order valence-electron chi connectivity index (χ3n) is 4.84. The van der Waals surface area contributed by atoms with Gasteiger partial charge < -0.3 is 10.1 Å². The number of fused-ring (bicyclic) bond motifs is 2. The summed E-state index contributed by atoms with van der Waals surface area (Å²) in [4.78, 5) is 8.12. The van der Waals surface area contributed by atoms with Gasteiger partial charge in [-0.25, -0.2) is 9.97 Å². The second kappa shape index (κ2) is 5.32. The molecule has 0 saturated carbocycles. The third-order valence-corrected chi connectivity index (χ3v) is 4.84. The van der Waals surface area contributed by atoms with Crippen molar-refractivity contribution in [3.05, 3.63) is 42.1 Å². The van der Waals surface area contributed by atoms with Gasteiger partial charge in [0.25, 0.3) is 0 Å². The van der Waals surface area contributed by atoms with E-state index >= 15 is 0 Å². The van der Waals surface area contributed by atoms with Gasteiger partial charge in [-0.2, -0.15) is 4.39 Å². The number of hydrogen-bond donors (Lipinski definition) is 1. The second-order valence-corrected chi connectivity index (χ2v) is 6.09. The maximum absolute atomic E-state index is 14.1. The highest BCUT2D eigenvalue weighted by Gasteiger charge is 2.39. The largest absolute Gasteiger partial charge is 0.481 e. The van der Waals surface area contributed by atoms with Crippen LogP contribution in [0.2, 0.25) is 0 Å². The molecule has 0 aromatic carbocycles. The first kappa shape index (κ1) is 13.6. The zero-order chi connectivity index (χ0) is 15.1. The van der Waals surface area contributed by atoms with Crippen LogP contribution >= 0.6 is 0 Å². The fourth-order valence-electron chi connectivity index (χ4n) is 3.72. The summed E-state index contributed by atoms with van der Waals surface area (Å²) in [5.41, 5.74) is 2.35. The smallest absolute Gasteiger partial charge is 0.220 e. The molecule has 2 aromatic heterocycles. The molecule has 5 heteroatoms. The number of hydrogen-bond acceptors (Lipinski definition) is 4. The Morgan fingerprint density at radius 1 is 1.23 bits per heavy atom. The zero-order valence-corrected chi connectivity index (χ0v) is 12.4. The highest BCUT2D eigenvalue weighted by atomic mass is 19.1. The van der Waals surface area contributed by atoms with Crippen molar-refractivity contribution in [1.29, 1.82) is 0 Å². The van der Waals surface area contributed by atoms with Gasteiger partial charge in [-0.15, -0.1) is 0 Å². The quantitative estimate of drug-likeness (QED) is 0.885. The fraction of sp³-hybridized carbons (Fsp3) is 0.412. The van der Waals surface area contributed by atoms with Gasteiger partial charge in [-0.05, 0) is 37.0 Å². The van der Waals surface area contributed by atoms with Gasteiger partial charge in [0.15, 0.2) is 0 Å². The summed E-state index contributed by atoms with van der Waals surface area (Å²) in [5.74, 6) is 0.509. The van der Waals surface area contributed by atoms with E-state index in [1.54, 1.807) is 25.6 Å². The number of rotatable bonds is 3. The van der Waals surface area contributed by atoms with Crippen LogP contribution < -0.4 is 10.1 Å². The Morgan fingerprint density at radius 3 is 2.77 bits per heavy atom. The van der Waals surface area contributed by atoms with Crippen molar-refractivity contribution in [3.63, 3.8) is 0 Å². The molecule has 2 aliphatic rings. The fourth-order valence-corrected chi connectivity index (χ4v) is 3.72. The van der Waals surface area contributed by atoms with Crippen LogP contribution in [0.25, 0.3) is 11.1 Å². The van der Waals surface area contributed by atoms with Crippen LogP contribution in [0.5, 0.6) is 5.88 Å². The Hall–Kier alpha value is -2.01. The lowest BCUT2D eigenvalue weighted by molar-refractivity contribution is 0.398. The Bertz CT molecular complexity index is 689. The minimum atomic E-state index is -0.452. The van der Waals surface area contributed by atoms with E-state index in [1.807, 2.05) is 12.1 Å². The van der Waals surface area contributed by atoms with Gasteiger partial charge in [0, 0.05) is 47.6 Å². The molecule has 114 valence electrons. The Kier molecular flexibility index (Phi) is 3.30. The number of aromatic nitrogens is 2. The van der Waals surface area contributed by atoms with Crippen LogP contribution in [-0.2, 0) is 0 Å². The van der Waals surface area contributed by atoms with Crippen molar-refractivity contribution in [1.82, 2.24) is 15.3 Å². The van der Waals surface area contributed by atoms with Gasteiger partial charge in [0.05, 0.1) is 7.11 Å². The van der Waals surface area contributed by atoms with Crippen molar-refractivity contribution in [2.75, 3.05) is 7.11 Å². The zero-order valence-electron chi connectivity index (χ0n) is 12.4. The molecule has 0 radical (unpaired) electrons. The van der Waals surface area contributed by atoms with Crippen LogP contribution in [0.15, 0.2) is 30.6 Å². The van der Waals surface area contributed by atoms with E-state index in [4.69, 9.17) is 4.74 Å². The van der Waals surface area contributed by atoms with Crippen molar-refractivity contribution >= 4 is 0 Å². The number of pyridine rings is 2. The van der Waals surface area contributed by atoms with Crippen molar-refractivity contribution in [2.24, 2.45) is 0 Å². The Balaban J connectivity index is 1.68. The first-order valence-corrected chi connectivity index (χ1v) is 7.66. The van der Waals surface area contributed by atoms with Gasteiger partial charge in [-0.1, -0.05) is 0 Å². The summed E-state index contributed by atoms with van der Waals surface area (Å²) >= 11 is 0. The molecule has 4 nitrogen and oxygen atoms in total. The number of nitrogens with one attached hydrogen (secondary N) is 1. The van der Waals surface area contributed by atoms with Gasteiger partial charge in [0.1, 0.15) is 0 Å². The van der Waals surface area contributed by atoms with E-state index in [1.165, 1.54) is 12.8 Å². The van der Waals surface area contributed by atoms with E-state index in [0.717, 1.165) is 17.5 Å². The first-order chi connectivity index (χ1) is 10.7. The minimum Gasteiger partial charge on any atom is -0.481 e. The minimum absolute atomic E-state index is 0.441. The predicted octanol–water partition coefficient (Wildman–Crippen LogP) is 2.90. The molecule has 4 heterocycles. The molecule has 4 rings (SSSR count). The van der Waals surface area contributed by atoms with Gasteiger partial charge in [-0.3, -0.25) is 0 Å². The Labute approximate surface area is 128 Å². The van der Waals surface area contributed by atoms with Crippen molar-refractivity contribution in [3.8, 4) is 17.0 Å². The van der Waals surface area contributed by atoms with Gasteiger partial charge in [0.2, 0.25) is 11.8 Å². The molecule has 2 aromatic rings. The highest BCUT2D eigenvalue weighted by molar-refractivity contribution is 5.63. The molecular weight excluding hydrogens is 281 g/mol. The van der Waals surface area contributed by atoms with E-state index in [9.17, 15) is 4.39 Å². The van der Waals surface area contributed by atoms with E-state index in [0.29, 0.717) is 29.4 Å². The average molecular weight is 299 g/mol. The SMILES string of the molecule is COc1ccc(-c2cc([C@H]3C[C@H]4CC[C@H]3N4)cnc2F)cn1. The Morgan fingerprint density at radius 2 is 2.14 bits per heavy atom. The molecular formula is C17H18FN3O. The molecule has 1 N–H and O–H groups in total. The van der Waals surface area contributed by atoms with Crippen LogP contribution in [0, 0.1) is 5.95 Å². The molecule has 0 unspecified atom stereocenters. The normalized spacial score (nSPS) is 26.4. The molecule has 2 saturated heterocycles. The molecule has 0 spiro atoms. The maximum Gasteiger partial charge on any atom is 0.220 e. The van der Waals surface area contributed by atoms with Crippen LogP contribution in [0.4, 0.5) is 4.39 Å². The number of ether oxygens (including phenoxy) is 1. The summed E-state index contributed by atoms with van der Waals surface area (Å²) in [5, 5.41) is 3.61. The summed E-state index contributed by atoms with van der Waals surface area (Å²) in [6.07, 6.45) is 6.89. The molecule has 3 atom stereocenters. The summed E-state index contributed by atoms with van der Waals surface area (Å²) in [6.45, 7) is 0. The van der Waals surface area contributed by atoms with Crippen LogP contribution in [0.3, 0.4) is 0 Å². The van der Waals surface area contributed by atoms with E-state index in [-0.39, 0.29) is 0 Å². The second-order valence-electron chi connectivity index (χ2n) is 6.09. The van der Waals surface area contributed by atoms with Crippen LogP contribution in [0.1, 0.15) is 30.7 Å². The predicted molar refractivity (Wildman–Crippen MR) is 81.3 cm³/mol. The van der Waals surface area contributed by atoms with Crippen molar-refractivity contribution in [2.45, 2.75) is 37.3 Å². The number of nitrogens with zero attached hydrogens (tertiary/aromatic N) is 2. The number of halogens is 1. The third kappa shape index (κ3) is 2.25. The summed E-state index contributed by atoms with van der Waals surface area (Å²) in [7, 11) is 1.56. The molecule has 0 aliphatic carbocycles. The lowest BCUT2D eigenvalue weighted by Gasteiger charge is -2.20. The lowest BCUT2D eigenvalue weighted by Crippen LogP contribution is -2.21. The molecule has 22 heavy (non-hydrogen) atoms. The van der Waals surface area contributed by atoms with E-state index < -0.39 is 5.95 Å². The summed E-state index contributed by atoms with van der Waals surface area (Å²) in [6, 6.07) is 6.61. The number of methoxy groups -OCH3 is 1. The topological polar surface area (TPSA) is 47.0 Å². The monoisotopic (exact) mass is 299 g/mol. The van der Waals surface area contributed by atoms with Gasteiger partial charge >= 0.3 is 0 Å². The first-order valence-electron chi connectivity index (χ1n) is 7.66. The van der Waals surface area contributed by atoms with Crippen LogP contribution in [-0.4, -0.2) is 29.2 Å². The van der Waals surface area contributed by atoms with Crippen molar-refractivity contribution < 1.29 is 9.13 Å². The maximum atomic E-state index is 14.1. The van der Waals surface area contributed by atoms with E-state index in [2.05, 4.69) is 15.3 Å². The highest BCUT2D eigenvalue weighted by Crippen LogP contribution is 2.40. The standard InChI is InChI=1S/C17H18FN3O/c1-22-16-5-2-10(8-19-16)14-6-11(9-20-17(14)18)13-7-12-3-4-15(13)21-12/h2,5-6,8-9,12-13,15,21H,3-4,7H2,1H3/t12-,13-,15-/m1/s1.